The molecule has 0 fully saturated rings. The van der Waals surface area contributed by atoms with Gasteiger partial charge in [-0.15, -0.1) is 20.4 Å². The second kappa shape index (κ2) is 7.63. The number of ether oxygens (including phenoxy) is 1. The molecule has 8 heteroatoms. The zero-order chi connectivity index (χ0) is 18.6. The minimum absolute atomic E-state index is 0.411. The van der Waals surface area contributed by atoms with Gasteiger partial charge in [-0.25, -0.2) is 0 Å². The lowest BCUT2D eigenvalue weighted by Gasteiger charge is -2.03. The minimum Gasteiger partial charge on any atom is -0.496 e. The van der Waals surface area contributed by atoms with Gasteiger partial charge in [-0.3, -0.25) is 0 Å². The molecule has 4 aromatic rings. The van der Waals surface area contributed by atoms with Crippen LogP contribution in [0.1, 0.15) is 11.5 Å². The molecule has 0 amide bonds. The number of hydrogen-bond acceptors (Lipinski definition) is 8. The zero-order valence-corrected chi connectivity index (χ0v) is 15.6. The molecule has 27 heavy (non-hydrogen) atoms. The van der Waals surface area contributed by atoms with Crippen molar-refractivity contribution in [3.05, 3.63) is 60.0 Å². The Bertz CT molecular complexity index is 1060. The summed E-state index contributed by atoms with van der Waals surface area (Å²) in [7, 11) is 1.60. The fraction of sp³-hybridized carbons (Fsp3) is 0.158. The van der Waals surface area contributed by atoms with Gasteiger partial charge in [0.15, 0.2) is 0 Å². The SMILES string of the molecule is COc1ccccc1-c1nnc(CSc2nnc(-c3cccc(C)c3)o2)o1. The van der Waals surface area contributed by atoms with E-state index in [-0.39, 0.29) is 0 Å². The Morgan fingerprint density at radius 2 is 1.78 bits per heavy atom. The first-order valence-electron chi connectivity index (χ1n) is 8.22. The molecular formula is C19H16N4O3S. The molecule has 0 N–H and O–H groups in total. The number of nitrogens with zero attached hydrogens (tertiary/aromatic N) is 4. The lowest BCUT2D eigenvalue weighted by Crippen LogP contribution is -1.87. The Balaban J connectivity index is 1.45. The van der Waals surface area contributed by atoms with E-state index in [9.17, 15) is 0 Å². The largest absolute Gasteiger partial charge is 0.496 e. The van der Waals surface area contributed by atoms with E-state index < -0.39 is 0 Å². The molecule has 0 saturated carbocycles. The van der Waals surface area contributed by atoms with Crippen LogP contribution >= 0.6 is 11.8 Å². The van der Waals surface area contributed by atoms with Crippen LogP contribution in [0.25, 0.3) is 22.9 Å². The maximum atomic E-state index is 5.73. The zero-order valence-electron chi connectivity index (χ0n) is 14.7. The highest BCUT2D eigenvalue weighted by Crippen LogP contribution is 2.30. The summed E-state index contributed by atoms with van der Waals surface area (Å²) in [4.78, 5) is 0. The summed E-state index contributed by atoms with van der Waals surface area (Å²) in [6.45, 7) is 2.02. The van der Waals surface area contributed by atoms with E-state index in [1.165, 1.54) is 11.8 Å². The normalized spacial score (nSPS) is 10.9. The first kappa shape index (κ1) is 17.3. The van der Waals surface area contributed by atoms with E-state index in [1.54, 1.807) is 7.11 Å². The van der Waals surface area contributed by atoms with Gasteiger partial charge in [0.1, 0.15) is 5.75 Å². The predicted octanol–water partition coefficient (Wildman–Crippen LogP) is 4.40. The van der Waals surface area contributed by atoms with Gasteiger partial charge in [-0.2, -0.15) is 0 Å². The molecule has 2 aromatic carbocycles. The molecule has 0 bridgehead atoms. The Kier molecular flexibility index (Phi) is 4.88. The molecule has 136 valence electrons. The van der Waals surface area contributed by atoms with Crippen molar-refractivity contribution in [2.75, 3.05) is 7.11 Å². The van der Waals surface area contributed by atoms with E-state index in [0.717, 1.165) is 16.7 Å². The van der Waals surface area contributed by atoms with Crippen LogP contribution in [0.2, 0.25) is 0 Å². The monoisotopic (exact) mass is 380 g/mol. The summed E-state index contributed by atoms with van der Waals surface area (Å²) in [5.74, 6) is 2.48. The van der Waals surface area contributed by atoms with Crippen molar-refractivity contribution in [3.63, 3.8) is 0 Å². The van der Waals surface area contributed by atoms with Crippen LogP contribution in [0.5, 0.6) is 5.75 Å². The molecule has 7 nitrogen and oxygen atoms in total. The van der Waals surface area contributed by atoms with Crippen molar-refractivity contribution < 1.29 is 13.6 Å². The summed E-state index contributed by atoms with van der Waals surface area (Å²) in [6, 6.07) is 15.4. The molecule has 2 aromatic heterocycles. The summed E-state index contributed by atoms with van der Waals surface area (Å²) in [5, 5.41) is 16.8. The van der Waals surface area contributed by atoms with Crippen LogP contribution in [0.3, 0.4) is 0 Å². The third-order valence-electron chi connectivity index (χ3n) is 3.79. The van der Waals surface area contributed by atoms with E-state index in [0.29, 0.717) is 34.4 Å². The second-order valence-electron chi connectivity index (χ2n) is 5.73. The molecule has 2 heterocycles. The van der Waals surface area contributed by atoms with E-state index in [4.69, 9.17) is 13.6 Å². The summed E-state index contributed by atoms with van der Waals surface area (Å²) in [6.07, 6.45) is 0. The third-order valence-corrected chi connectivity index (χ3v) is 4.60. The van der Waals surface area contributed by atoms with Gasteiger partial charge in [0, 0.05) is 5.56 Å². The van der Waals surface area contributed by atoms with E-state index in [1.807, 2.05) is 55.5 Å². The molecule has 0 aliphatic heterocycles. The quantitative estimate of drug-likeness (QED) is 0.455. The Morgan fingerprint density at radius 1 is 0.926 bits per heavy atom. The number of hydrogen-bond donors (Lipinski definition) is 0. The lowest BCUT2D eigenvalue weighted by atomic mass is 10.1. The number of aryl methyl sites for hydroxylation is 1. The molecular weight excluding hydrogens is 364 g/mol. The summed E-state index contributed by atoms with van der Waals surface area (Å²) in [5.41, 5.74) is 2.78. The van der Waals surface area contributed by atoms with Gasteiger partial charge in [0.2, 0.25) is 11.8 Å². The Labute approximate surface area is 159 Å². The van der Waals surface area contributed by atoms with Crippen LogP contribution in [0.15, 0.2) is 62.6 Å². The molecule has 4 rings (SSSR count). The molecule has 0 unspecified atom stereocenters. The first-order valence-corrected chi connectivity index (χ1v) is 9.20. The van der Waals surface area contributed by atoms with Crippen LogP contribution < -0.4 is 4.74 Å². The van der Waals surface area contributed by atoms with Gasteiger partial charge in [0.25, 0.3) is 11.1 Å². The van der Waals surface area contributed by atoms with Crippen molar-refractivity contribution in [2.45, 2.75) is 17.9 Å². The van der Waals surface area contributed by atoms with Gasteiger partial charge in [-0.1, -0.05) is 41.6 Å². The van der Waals surface area contributed by atoms with E-state index >= 15 is 0 Å². The maximum Gasteiger partial charge on any atom is 0.277 e. The number of para-hydroxylation sites is 1. The van der Waals surface area contributed by atoms with Crippen molar-refractivity contribution in [1.29, 1.82) is 0 Å². The standard InChI is InChI=1S/C19H16N4O3S/c1-12-6-5-7-13(10-12)17-21-23-19(26-17)27-11-16-20-22-18(25-16)14-8-3-4-9-15(14)24-2/h3-10H,11H2,1-2H3. The van der Waals surface area contributed by atoms with Crippen LogP contribution in [0.4, 0.5) is 0 Å². The highest BCUT2D eigenvalue weighted by Gasteiger charge is 2.15. The second-order valence-corrected chi connectivity index (χ2v) is 6.66. The number of benzene rings is 2. The average Bonchev–Trinajstić information content (AvgIpc) is 3.36. The molecule has 0 aliphatic carbocycles. The van der Waals surface area contributed by atoms with Gasteiger partial charge >= 0.3 is 0 Å². The van der Waals surface area contributed by atoms with Crippen LogP contribution in [-0.2, 0) is 5.75 Å². The lowest BCUT2D eigenvalue weighted by molar-refractivity contribution is 0.413. The smallest absolute Gasteiger partial charge is 0.277 e. The Morgan fingerprint density at radius 3 is 2.63 bits per heavy atom. The van der Waals surface area contributed by atoms with Crippen LogP contribution in [0, 0.1) is 6.92 Å². The highest BCUT2D eigenvalue weighted by molar-refractivity contribution is 7.98. The summed E-state index contributed by atoms with van der Waals surface area (Å²) >= 11 is 1.34. The van der Waals surface area contributed by atoms with Crippen molar-refractivity contribution in [1.82, 2.24) is 20.4 Å². The maximum absolute atomic E-state index is 5.73. The van der Waals surface area contributed by atoms with Crippen molar-refractivity contribution in [3.8, 4) is 28.7 Å². The molecule has 0 atom stereocenters. The highest BCUT2D eigenvalue weighted by atomic mass is 32.2. The third kappa shape index (κ3) is 3.85. The number of rotatable bonds is 6. The number of aromatic nitrogens is 4. The fourth-order valence-corrected chi connectivity index (χ4v) is 3.13. The van der Waals surface area contributed by atoms with Crippen LogP contribution in [-0.4, -0.2) is 27.5 Å². The fourth-order valence-electron chi connectivity index (χ4n) is 2.53. The Hall–Kier alpha value is -3.13. The van der Waals surface area contributed by atoms with Gasteiger partial charge in [0.05, 0.1) is 18.4 Å². The summed E-state index contributed by atoms with van der Waals surface area (Å²) < 4.78 is 16.8. The number of methoxy groups -OCH3 is 1. The van der Waals surface area contributed by atoms with Crippen molar-refractivity contribution >= 4 is 11.8 Å². The number of thioether (sulfide) groups is 1. The molecule has 0 radical (unpaired) electrons. The molecule has 0 spiro atoms. The van der Waals surface area contributed by atoms with E-state index in [2.05, 4.69) is 20.4 Å². The minimum atomic E-state index is 0.411. The van der Waals surface area contributed by atoms with Gasteiger partial charge < -0.3 is 13.6 Å². The molecule has 0 saturated heterocycles. The molecule has 0 aliphatic rings. The van der Waals surface area contributed by atoms with Crippen molar-refractivity contribution in [2.24, 2.45) is 0 Å². The predicted molar refractivity (Wildman–Crippen MR) is 100 cm³/mol. The average molecular weight is 380 g/mol. The topological polar surface area (TPSA) is 87.1 Å². The van der Waals surface area contributed by atoms with Gasteiger partial charge in [-0.05, 0) is 31.2 Å². The first-order chi connectivity index (χ1) is 13.2.